The maximum atomic E-state index is 14.3. The maximum Gasteiger partial charge on any atom is 0.340 e. The highest BCUT2D eigenvalue weighted by atomic mass is 19.1. The Balaban J connectivity index is 1.61. The Morgan fingerprint density at radius 1 is 1.19 bits per heavy atom. The van der Waals surface area contributed by atoms with Crippen LogP contribution in [0.15, 0.2) is 17.3 Å². The summed E-state index contributed by atoms with van der Waals surface area (Å²) < 4.78 is 32.9. The molecule has 1 aromatic rings. The molecule has 2 aliphatic rings. The zero-order valence-corrected chi connectivity index (χ0v) is 14.8. The fourth-order valence-electron chi connectivity index (χ4n) is 3.19. The van der Waals surface area contributed by atoms with Crippen LogP contribution in [0, 0.1) is 11.6 Å². The summed E-state index contributed by atoms with van der Waals surface area (Å²) in [4.78, 5) is 18.8. The second-order valence-electron chi connectivity index (χ2n) is 6.47. The fraction of sp³-hybridized carbons (Fsp3) is 0.556. The Hall–Kier alpha value is -2.22. The number of piperidine rings is 2. The normalized spacial score (nSPS) is 18.6. The first-order valence-electron chi connectivity index (χ1n) is 8.83. The summed E-state index contributed by atoms with van der Waals surface area (Å²) in [7, 11) is 1.13. The minimum absolute atomic E-state index is 0.147. The molecule has 0 unspecified atom stereocenters. The number of carbonyl (C=O) groups excluding carboxylic acids is 1. The molecule has 1 aromatic carbocycles. The number of hydrogen-bond acceptors (Lipinski definition) is 6. The number of oxime groups is 1. The van der Waals surface area contributed by atoms with E-state index in [2.05, 4.69) is 15.2 Å². The molecule has 0 bridgehead atoms. The van der Waals surface area contributed by atoms with Crippen LogP contribution < -0.4 is 10.2 Å². The molecule has 0 amide bonds. The van der Waals surface area contributed by atoms with Gasteiger partial charge in [-0.2, -0.15) is 0 Å². The summed E-state index contributed by atoms with van der Waals surface area (Å²) >= 11 is 0. The number of carbonyl (C=O) groups is 1. The molecular weight excluding hydrogens is 344 g/mol. The van der Waals surface area contributed by atoms with Crippen LogP contribution in [0.3, 0.4) is 0 Å². The van der Waals surface area contributed by atoms with Crippen LogP contribution in [0.1, 0.15) is 36.0 Å². The van der Waals surface area contributed by atoms with Gasteiger partial charge in [-0.15, -0.1) is 0 Å². The molecule has 0 radical (unpaired) electrons. The second kappa shape index (κ2) is 8.44. The number of nitrogens with one attached hydrogen (secondary N) is 1. The lowest BCUT2D eigenvalue weighted by Gasteiger charge is -2.30. The van der Waals surface area contributed by atoms with Gasteiger partial charge in [0.25, 0.3) is 0 Å². The molecular formula is C18H23F2N3O3. The number of ether oxygens (including phenoxy) is 1. The molecule has 2 aliphatic heterocycles. The van der Waals surface area contributed by atoms with Gasteiger partial charge in [-0.25, -0.2) is 13.6 Å². The highest BCUT2D eigenvalue weighted by molar-refractivity contribution is 5.90. The van der Waals surface area contributed by atoms with Gasteiger partial charge in [0, 0.05) is 32.0 Å². The molecule has 2 heterocycles. The summed E-state index contributed by atoms with van der Waals surface area (Å²) in [6.45, 7) is 2.91. The zero-order valence-electron chi connectivity index (χ0n) is 14.8. The molecule has 8 heteroatoms. The summed E-state index contributed by atoms with van der Waals surface area (Å²) in [5, 5.41) is 7.53. The average Bonchev–Trinajstić information content (AvgIpc) is 2.68. The first-order chi connectivity index (χ1) is 12.6. The predicted octanol–water partition coefficient (Wildman–Crippen LogP) is 2.48. The van der Waals surface area contributed by atoms with Gasteiger partial charge in [0.05, 0.1) is 24.1 Å². The van der Waals surface area contributed by atoms with Gasteiger partial charge in [0.2, 0.25) is 0 Å². The molecule has 0 saturated carbocycles. The summed E-state index contributed by atoms with van der Waals surface area (Å²) in [6, 6.07) is 1.94. The van der Waals surface area contributed by atoms with Gasteiger partial charge >= 0.3 is 5.97 Å². The molecule has 0 aliphatic carbocycles. The van der Waals surface area contributed by atoms with E-state index in [1.807, 2.05) is 0 Å². The molecule has 3 rings (SSSR count). The van der Waals surface area contributed by atoms with Crippen molar-refractivity contribution in [3.8, 4) is 0 Å². The SMILES string of the molecule is COC(=O)c1cc(F)c(N2CCC(=NOC3CCNCC3)CC2)cc1F. The summed E-state index contributed by atoms with van der Waals surface area (Å²) in [5.41, 5.74) is 0.684. The third kappa shape index (κ3) is 4.30. The van der Waals surface area contributed by atoms with E-state index in [0.29, 0.717) is 25.9 Å². The number of rotatable bonds is 4. The summed E-state index contributed by atoms with van der Waals surface area (Å²) in [5.74, 6) is -2.32. The Morgan fingerprint density at radius 3 is 2.54 bits per heavy atom. The van der Waals surface area contributed by atoms with Crippen LogP contribution in [0.25, 0.3) is 0 Å². The van der Waals surface area contributed by atoms with Gasteiger partial charge in [-0.05, 0) is 32.0 Å². The lowest BCUT2D eigenvalue weighted by Crippen LogP contribution is -2.35. The topological polar surface area (TPSA) is 63.2 Å². The Bertz CT molecular complexity index is 681. The molecule has 0 spiro atoms. The molecule has 6 nitrogen and oxygen atoms in total. The van der Waals surface area contributed by atoms with Crippen LogP contribution in [0.2, 0.25) is 0 Å². The number of nitrogens with zero attached hydrogens (tertiary/aromatic N) is 2. The number of benzene rings is 1. The van der Waals surface area contributed by atoms with Crippen molar-refractivity contribution in [1.29, 1.82) is 0 Å². The average molecular weight is 367 g/mol. The Morgan fingerprint density at radius 2 is 1.88 bits per heavy atom. The van der Waals surface area contributed by atoms with Crippen molar-refractivity contribution in [2.24, 2.45) is 5.16 Å². The van der Waals surface area contributed by atoms with Crippen molar-refractivity contribution in [2.75, 3.05) is 38.2 Å². The van der Waals surface area contributed by atoms with Gasteiger partial charge in [-0.3, -0.25) is 0 Å². The van der Waals surface area contributed by atoms with Crippen molar-refractivity contribution in [1.82, 2.24) is 5.32 Å². The van der Waals surface area contributed by atoms with E-state index in [4.69, 9.17) is 4.84 Å². The third-order valence-corrected chi connectivity index (χ3v) is 4.74. The van der Waals surface area contributed by atoms with Crippen molar-refractivity contribution in [2.45, 2.75) is 31.8 Å². The van der Waals surface area contributed by atoms with Gasteiger partial charge in [0.1, 0.15) is 17.7 Å². The minimum atomic E-state index is -0.893. The van der Waals surface area contributed by atoms with Gasteiger partial charge < -0.3 is 19.8 Å². The Labute approximate surface area is 151 Å². The van der Waals surface area contributed by atoms with E-state index in [0.717, 1.165) is 50.9 Å². The standard InChI is InChI=1S/C18H23F2N3O3/c1-25-18(24)14-10-16(20)17(11-15(14)19)23-8-4-12(5-9-23)22-26-13-2-6-21-7-3-13/h10-11,13,21H,2-9H2,1H3. The number of halogens is 2. The van der Waals surface area contributed by atoms with Crippen LogP contribution in [0.5, 0.6) is 0 Å². The number of anilines is 1. The van der Waals surface area contributed by atoms with Crippen LogP contribution in [0.4, 0.5) is 14.5 Å². The highest BCUT2D eigenvalue weighted by Gasteiger charge is 2.23. The molecule has 2 saturated heterocycles. The maximum absolute atomic E-state index is 14.3. The van der Waals surface area contributed by atoms with E-state index in [9.17, 15) is 13.6 Å². The Kier molecular flexibility index (Phi) is 6.03. The number of methoxy groups -OCH3 is 1. The van der Waals surface area contributed by atoms with Crippen LogP contribution in [-0.4, -0.2) is 51.1 Å². The highest BCUT2D eigenvalue weighted by Crippen LogP contribution is 2.26. The van der Waals surface area contributed by atoms with Crippen molar-refractivity contribution >= 4 is 17.4 Å². The first kappa shape index (κ1) is 18.6. The van der Waals surface area contributed by atoms with Gasteiger partial charge in [-0.1, -0.05) is 5.16 Å². The second-order valence-corrected chi connectivity index (χ2v) is 6.47. The van der Waals surface area contributed by atoms with Crippen LogP contribution >= 0.6 is 0 Å². The molecule has 26 heavy (non-hydrogen) atoms. The molecule has 142 valence electrons. The smallest absolute Gasteiger partial charge is 0.340 e. The van der Waals surface area contributed by atoms with Crippen molar-refractivity contribution in [3.63, 3.8) is 0 Å². The lowest BCUT2D eigenvalue weighted by molar-refractivity contribution is 0.0367. The van der Waals surface area contributed by atoms with E-state index in [1.165, 1.54) is 0 Å². The molecule has 1 N–H and O–H groups in total. The minimum Gasteiger partial charge on any atom is -0.465 e. The lowest BCUT2D eigenvalue weighted by atomic mass is 10.1. The first-order valence-corrected chi connectivity index (χ1v) is 8.83. The number of esters is 1. The van der Waals surface area contributed by atoms with Gasteiger partial charge in [0.15, 0.2) is 0 Å². The monoisotopic (exact) mass is 367 g/mol. The molecule has 0 aromatic heterocycles. The zero-order chi connectivity index (χ0) is 18.5. The molecule has 0 atom stereocenters. The number of hydrogen-bond donors (Lipinski definition) is 1. The molecule has 2 fully saturated rings. The fourth-order valence-corrected chi connectivity index (χ4v) is 3.19. The quantitative estimate of drug-likeness (QED) is 0.654. The third-order valence-electron chi connectivity index (χ3n) is 4.74. The van der Waals surface area contributed by atoms with E-state index in [1.54, 1.807) is 4.90 Å². The van der Waals surface area contributed by atoms with E-state index < -0.39 is 23.2 Å². The predicted molar refractivity (Wildman–Crippen MR) is 93.6 cm³/mol. The summed E-state index contributed by atoms with van der Waals surface area (Å²) in [6.07, 6.45) is 3.30. The van der Waals surface area contributed by atoms with Crippen molar-refractivity contribution < 1.29 is 23.1 Å². The van der Waals surface area contributed by atoms with E-state index >= 15 is 0 Å². The van der Waals surface area contributed by atoms with Crippen LogP contribution in [-0.2, 0) is 9.57 Å². The largest absolute Gasteiger partial charge is 0.465 e. The van der Waals surface area contributed by atoms with Crippen molar-refractivity contribution in [3.05, 3.63) is 29.3 Å². The van der Waals surface area contributed by atoms with E-state index in [-0.39, 0.29) is 11.8 Å².